The Morgan fingerprint density at radius 2 is 2.06 bits per heavy atom. The molecule has 0 radical (unpaired) electrons. The number of hydrogen-bond acceptors (Lipinski definition) is 3. The number of nitrogens with zero attached hydrogens (tertiary/aromatic N) is 1. The molecule has 2 atom stereocenters. The minimum absolute atomic E-state index is 0.180. The van der Waals surface area contributed by atoms with Crippen molar-refractivity contribution in [2.24, 2.45) is 5.92 Å². The number of carbonyl (C=O) groups is 1. The Balaban J connectivity index is 1.76. The van der Waals surface area contributed by atoms with E-state index in [0.29, 0.717) is 12.1 Å². The Kier molecular flexibility index (Phi) is 4.40. The summed E-state index contributed by atoms with van der Waals surface area (Å²) in [6, 6.07) is 0.740. The molecule has 0 saturated carbocycles. The van der Waals surface area contributed by atoms with Gasteiger partial charge in [-0.1, -0.05) is 6.92 Å². The SMILES string of the molecule is CCN1CCC(NC(=O)C2CCNC2C)CC1. The lowest BCUT2D eigenvalue weighted by Crippen LogP contribution is -2.47. The van der Waals surface area contributed by atoms with Crippen molar-refractivity contribution in [1.29, 1.82) is 0 Å². The van der Waals surface area contributed by atoms with E-state index in [1.165, 1.54) is 0 Å². The van der Waals surface area contributed by atoms with Crippen LogP contribution in [0, 0.1) is 5.92 Å². The van der Waals surface area contributed by atoms with Crippen LogP contribution in [0.3, 0.4) is 0 Å². The van der Waals surface area contributed by atoms with E-state index < -0.39 is 0 Å². The Labute approximate surface area is 104 Å². The highest BCUT2D eigenvalue weighted by atomic mass is 16.2. The summed E-state index contributed by atoms with van der Waals surface area (Å²) in [6.07, 6.45) is 3.20. The van der Waals surface area contributed by atoms with Gasteiger partial charge in [0, 0.05) is 25.2 Å². The first-order chi connectivity index (χ1) is 8.20. The topological polar surface area (TPSA) is 44.4 Å². The quantitative estimate of drug-likeness (QED) is 0.757. The van der Waals surface area contributed by atoms with Crippen LogP contribution >= 0.6 is 0 Å². The Morgan fingerprint density at radius 3 is 2.59 bits per heavy atom. The van der Waals surface area contributed by atoms with Gasteiger partial charge in [-0.2, -0.15) is 0 Å². The summed E-state index contributed by atoms with van der Waals surface area (Å²) in [4.78, 5) is 14.6. The van der Waals surface area contributed by atoms with Crippen molar-refractivity contribution < 1.29 is 4.79 Å². The first kappa shape index (κ1) is 12.8. The van der Waals surface area contributed by atoms with Gasteiger partial charge >= 0.3 is 0 Å². The van der Waals surface area contributed by atoms with Gasteiger partial charge in [0.1, 0.15) is 0 Å². The van der Waals surface area contributed by atoms with E-state index in [1.54, 1.807) is 0 Å². The summed E-state index contributed by atoms with van der Waals surface area (Å²) < 4.78 is 0. The molecular weight excluding hydrogens is 214 g/mol. The molecule has 0 bridgehead atoms. The molecule has 2 unspecified atom stereocenters. The van der Waals surface area contributed by atoms with Crippen molar-refractivity contribution in [3.63, 3.8) is 0 Å². The van der Waals surface area contributed by atoms with Crippen molar-refractivity contribution in [3.8, 4) is 0 Å². The lowest BCUT2D eigenvalue weighted by Gasteiger charge is -2.32. The monoisotopic (exact) mass is 239 g/mol. The maximum Gasteiger partial charge on any atom is 0.224 e. The highest BCUT2D eigenvalue weighted by Crippen LogP contribution is 2.17. The van der Waals surface area contributed by atoms with Gasteiger partial charge in [0.15, 0.2) is 0 Å². The number of carbonyl (C=O) groups excluding carboxylic acids is 1. The maximum absolute atomic E-state index is 12.1. The number of likely N-dealkylation sites (tertiary alicyclic amines) is 1. The highest BCUT2D eigenvalue weighted by Gasteiger charge is 2.31. The van der Waals surface area contributed by atoms with E-state index in [0.717, 1.165) is 45.4 Å². The van der Waals surface area contributed by atoms with E-state index in [4.69, 9.17) is 0 Å². The predicted octanol–water partition coefficient (Wildman–Crippen LogP) is 0.585. The average molecular weight is 239 g/mol. The molecule has 0 aromatic rings. The number of nitrogens with one attached hydrogen (secondary N) is 2. The second kappa shape index (κ2) is 5.83. The number of hydrogen-bond donors (Lipinski definition) is 2. The van der Waals surface area contributed by atoms with E-state index in [9.17, 15) is 4.79 Å². The molecule has 4 heteroatoms. The fourth-order valence-electron chi connectivity index (χ4n) is 2.92. The molecule has 0 aliphatic carbocycles. The van der Waals surface area contributed by atoms with Crippen LogP contribution in [-0.2, 0) is 4.79 Å². The molecule has 2 aliphatic heterocycles. The Bertz CT molecular complexity index is 261. The fourth-order valence-corrected chi connectivity index (χ4v) is 2.92. The minimum Gasteiger partial charge on any atom is -0.353 e. The number of rotatable bonds is 3. The average Bonchev–Trinajstić information content (AvgIpc) is 2.76. The molecule has 1 amide bonds. The van der Waals surface area contributed by atoms with Gasteiger partial charge in [-0.15, -0.1) is 0 Å². The molecule has 2 fully saturated rings. The van der Waals surface area contributed by atoms with Crippen molar-refractivity contribution in [1.82, 2.24) is 15.5 Å². The van der Waals surface area contributed by atoms with E-state index >= 15 is 0 Å². The summed E-state index contributed by atoms with van der Waals surface area (Å²) in [5.41, 5.74) is 0. The minimum atomic E-state index is 0.180. The van der Waals surface area contributed by atoms with Gasteiger partial charge < -0.3 is 15.5 Å². The first-order valence-electron chi connectivity index (χ1n) is 6.96. The van der Waals surface area contributed by atoms with Crippen molar-refractivity contribution in [3.05, 3.63) is 0 Å². The second-order valence-electron chi connectivity index (χ2n) is 5.36. The van der Waals surface area contributed by atoms with Crippen molar-refractivity contribution in [2.45, 2.75) is 45.2 Å². The van der Waals surface area contributed by atoms with Gasteiger partial charge in [-0.05, 0) is 39.3 Å². The van der Waals surface area contributed by atoms with E-state index in [-0.39, 0.29) is 11.8 Å². The fraction of sp³-hybridized carbons (Fsp3) is 0.923. The van der Waals surface area contributed by atoms with E-state index in [2.05, 4.69) is 29.4 Å². The summed E-state index contributed by atoms with van der Waals surface area (Å²) in [5.74, 6) is 0.441. The van der Waals surface area contributed by atoms with E-state index in [1.807, 2.05) is 0 Å². The predicted molar refractivity (Wildman–Crippen MR) is 68.9 cm³/mol. The smallest absolute Gasteiger partial charge is 0.224 e. The molecule has 0 aromatic carbocycles. The van der Waals surface area contributed by atoms with Crippen LogP contribution in [0.25, 0.3) is 0 Å². The molecule has 0 aromatic heterocycles. The lowest BCUT2D eigenvalue weighted by molar-refractivity contribution is -0.126. The Hall–Kier alpha value is -0.610. The molecule has 2 saturated heterocycles. The van der Waals surface area contributed by atoms with Crippen LogP contribution in [0.5, 0.6) is 0 Å². The molecule has 0 spiro atoms. The maximum atomic E-state index is 12.1. The summed E-state index contributed by atoms with van der Waals surface area (Å²) >= 11 is 0. The van der Waals surface area contributed by atoms with Crippen LogP contribution in [0.4, 0.5) is 0 Å². The normalized spacial score (nSPS) is 31.6. The van der Waals surface area contributed by atoms with Gasteiger partial charge in [0.05, 0.1) is 5.92 Å². The van der Waals surface area contributed by atoms with Gasteiger partial charge in [-0.25, -0.2) is 0 Å². The number of amides is 1. The van der Waals surface area contributed by atoms with Gasteiger partial charge in [0.2, 0.25) is 5.91 Å². The Morgan fingerprint density at radius 1 is 1.35 bits per heavy atom. The molecule has 2 heterocycles. The molecule has 2 aliphatic rings. The lowest BCUT2D eigenvalue weighted by atomic mass is 9.99. The molecule has 4 nitrogen and oxygen atoms in total. The zero-order valence-corrected chi connectivity index (χ0v) is 11.0. The zero-order valence-electron chi connectivity index (χ0n) is 11.0. The van der Waals surface area contributed by atoms with Crippen molar-refractivity contribution >= 4 is 5.91 Å². The van der Waals surface area contributed by atoms with Crippen LogP contribution in [0.2, 0.25) is 0 Å². The third-order valence-electron chi connectivity index (χ3n) is 4.24. The summed E-state index contributed by atoms with van der Waals surface area (Å²) in [7, 11) is 0. The summed E-state index contributed by atoms with van der Waals surface area (Å²) in [6.45, 7) is 8.67. The molecule has 2 rings (SSSR count). The van der Waals surface area contributed by atoms with Crippen LogP contribution in [-0.4, -0.2) is 49.1 Å². The molecule has 98 valence electrons. The first-order valence-corrected chi connectivity index (χ1v) is 6.96. The van der Waals surface area contributed by atoms with Gasteiger partial charge in [-0.3, -0.25) is 4.79 Å². The number of piperidine rings is 1. The molecule has 2 N–H and O–H groups in total. The van der Waals surface area contributed by atoms with Crippen molar-refractivity contribution in [2.75, 3.05) is 26.2 Å². The summed E-state index contributed by atoms with van der Waals surface area (Å²) in [5, 5.41) is 6.57. The van der Waals surface area contributed by atoms with Crippen LogP contribution in [0.15, 0.2) is 0 Å². The highest BCUT2D eigenvalue weighted by molar-refractivity contribution is 5.80. The van der Waals surface area contributed by atoms with Crippen LogP contribution in [0.1, 0.15) is 33.1 Å². The third kappa shape index (κ3) is 3.19. The zero-order chi connectivity index (χ0) is 12.3. The van der Waals surface area contributed by atoms with Crippen LogP contribution < -0.4 is 10.6 Å². The van der Waals surface area contributed by atoms with Gasteiger partial charge in [0.25, 0.3) is 0 Å². The molecule has 17 heavy (non-hydrogen) atoms. The standard InChI is InChI=1S/C13H25N3O/c1-3-16-8-5-11(6-9-16)15-13(17)12-4-7-14-10(12)2/h10-12,14H,3-9H2,1-2H3,(H,15,17). The molecular formula is C13H25N3O. The third-order valence-corrected chi connectivity index (χ3v) is 4.24. The largest absolute Gasteiger partial charge is 0.353 e. The second-order valence-corrected chi connectivity index (χ2v) is 5.36.